The van der Waals surface area contributed by atoms with Crippen molar-refractivity contribution in [2.24, 2.45) is 0 Å². The number of amides is 1. The van der Waals surface area contributed by atoms with Gasteiger partial charge in [-0.3, -0.25) is 4.79 Å². The van der Waals surface area contributed by atoms with E-state index < -0.39 is 0 Å². The fourth-order valence-corrected chi connectivity index (χ4v) is 2.24. The van der Waals surface area contributed by atoms with Crippen LogP contribution < -0.4 is 10.6 Å². The number of hydrogen-bond donors (Lipinski definition) is 2. The maximum absolute atomic E-state index is 11.8. The van der Waals surface area contributed by atoms with Crippen LogP contribution in [0.25, 0.3) is 0 Å². The van der Waals surface area contributed by atoms with E-state index in [2.05, 4.69) is 10.6 Å². The molecular formula is C12H14Cl2N2O. The Morgan fingerprint density at radius 1 is 1.29 bits per heavy atom. The molecule has 5 heteroatoms. The predicted molar refractivity (Wildman–Crippen MR) is 70.7 cm³/mol. The van der Waals surface area contributed by atoms with Crippen LogP contribution in [0.15, 0.2) is 18.2 Å². The molecule has 0 aromatic heterocycles. The zero-order chi connectivity index (χ0) is 12.3. The van der Waals surface area contributed by atoms with Crippen molar-refractivity contribution in [3.05, 3.63) is 28.2 Å². The smallest absolute Gasteiger partial charge is 0.242 e. The van der Waals surface area contributed by atoms with Crippen LogP contribution in [0.5, 0.6) is 0 Å². The van der Waals surface area contributed by atoms with Gasteiger partial charge >= 0.3 is 0 Å². The summed E-state index contributed by atoms with van der Waals surface area (Å²) in [7, 11) is 0. The van der Waals surface area contributed by atoms with Crippen LogP contribution in [0.1, 0.15) is 19.3 Å². The first-order valence-electron chi connectivity index (χ1n) is 5.67. The van der Waals surface area contributed by atoms with Gasteiger partial charge in [0.25, 0.3) is 0 Å². The summed E-state index contributed by atoms with van der Waals surface area (Å²) < 4.78 is 0. The second-order valence-electron chi connectivity index (χ2n) is 4.09. The van der Waals surface area contributed by atoms with Crippen molar-refractivity contribution < 1.29 is 4.79 Å². The molecule has 3 nitrogen and oxygen atoms in total. The van der Waals surface area contributed by atoms with Gasteiger partial charge in [0.1, 0.15) is 6.04 Å². The van der Waals surface area contributed by atoms with E-state index in [1.807, 2.05) is 12.1 Å². The minimum Gasteiger partial charge on any atom is -0.372 e. The first-order valence-corrected chi connectivity index (χ1v) is 6.42. The average molecular weight is 273 g/mol. The monoisotopic (exact) mass is 272 g/mol. The van der Waals surface area contributed by atoms with E-state index in [4.69, 9.17) is 23.2 Å². The molecule has 1 aliphatic rings. The van der Waals surface area contributed by atoms with Crippen LogP contribution >= 0.6 is 23.2 Å². The molecule has 0 radical (unpaired) electrons. The number of benzene rings is 1. The van der Waals surface area contributed by atoms with Crippen molar-refractivity contribution in [1.82, 2.24) is 5.32 Å². The summed E-state index contributed by atoms with van der Waals surface area (Å²) in [5.41, 5.74) is 0.709. The summed E-state index contributed by atoms with van der Waals surface area (Å²) in [6.45, 7) is 0.750. The van der Waals surface area contributed by atoms with Crippen LogP contribution in [-0.2, 0) is 4.79 Å². The van der Waals surface area contributed by atoms with Gasteiger partial charge in [0.15, 0.2) is 0 Å². The second-order valence-corrected chi connectivity index (χ2v) is 4.87. The molecule has 1 atom stereocenters. The van der Waals surface area contributed by atoms with Gasteiger partial charge in [-0.2, -0.15) is 0 Å². The Balaban J connectivity index is 2.13. The fraction of sp³-hybridized carbons (Fsp3) is 0.417. The maximum atomic E-state index is 11.8. The van der Waals surface area contributed by atoms with Gasteiger partial charge in [-0.25, -0.2) is 0 Å². The van der Waals surface area contributed by atoms with Crippen LogP contribution in [0.2, 0.25) is 10.0 Å². The highest BCUT2D eigenvalue weighted by Gasteiger charge is 2.21. The Bertz CT molecular complexity index is 423. The lowest BCUT2D eigenvalue weighted by Crippen LogP contribution is -2.37. The van der Waals surface area contributed by atoms with Crippen LogP contribution in [0, 0.1) is 0 Å². The minimum atomic E-state index is -0.228. The fourth-order valence-electron chi connectivity index (χ4n) is 1.88. The first kappa shape index (κ1) is 12.5. The number of carbonyl (C=O) groups excluding carboxylic acids is 1. The lowest BCUT2D eigenvalue weighted by Gasteiger charge is -2.17. The van der Waals surface area contributed by atoms with Gasteiger partial charge in [0.05, 0.1) is 15.7 Å². The van der Waals surface area contributed by atoms with E-state index >= 15 is 0 Å². The average Bonchev–Trinajstić information content (AvgIpc) is 2.51. The summed E-state index contributed by atoms with van der Waals surface area (Å²) in [5.74, 6) is 0.0264. The molecule has 0 saturated carbocycles. The normalized spacial score (nSPS) is 20.6. The largest absolute Gasteiger partial charge is 0.372 e. The molecule has 1 aliphatic heterocycles. The maximum Gasteiger partial charge on any atom is 0.242 e. The molecule has 2 rings (SSSR count). The van der Waals surface area contributed by atoms with Gasteiger partial charge in [0.2, 0.25) is 5.91 Å². The van der Waals surface area contributed by atoms with Crippen LogP contribution in [-0.4, -0.2) is 18.5 Å². The number of hydrogen-bond acceptors (Lipinski definition) is 2. The Morgan fingerprint density at radius 2 is 2.12 bits per heavy atom. The second kappa shape index (κ2) is 5.61. The Hall–Kier alpha value is -0.930. The number of carbonyl (C=O) groups is 1. The Labute approximate surface area is 110 Å². The van der Waals surface area contributed by atoms with Crippen LogP contribution in [0.4, 0.5) is 5.69 Å². The van der Waals surface area contributed by atoms with Crippen molar-refractivity contribution in [2.75, 3.05) is 11.9 Å². The molecule has 17 heavy (non-hydrogen) atoms. The number of anilines is 1. The van der Waals surface area contributed by atoms with Crippen molar-refractivity contribution in [2.45, 2.75) is 25.3 Å². The van der Waals surface area contributed by atoms with Crippen molar-refractivity contribution >= 4 is 34.8 Å². The Kier molecular flexibility index (Phi) is 4.13. The number of rotatable bonds is 2. The predicted octanol–water partition coefficient (Wildman–Crippen LogP) is 3.07. The lowest BCUT2D eigenvalue weighted by atomic mass is 10.1. The third kappa shape index (κ3) is 3.05. The summed E-state index contributed by atoms with van der Waals surface area (Å²) in [4.78, 5) is 11.8. The lowest BCUT2D eigenvalue weighted by molar-refractivity contribution is -0.121. The highest BCUT2D eigenvalue weighted by Crippen LogP contribution is 2.30. The summed E-state index contributed by atoms with van der Waals surface area (Å²) >= 11 is 12.0. The zero-order valence-electron chi connectivity index (χ0n) is 9.30. The van der Waals surface area contributed by atoms with E-state index in [1.54, 1.807) is 6.07 Å². The molecule has 1 unspecified atom stereocenters. The quantitative estimate of drug-likeness (QED) is 0.869. The van der Waals surface area contributed by atoms with Crippen molar-refractivity contribution in [3.8, 4) is 0 Å². The standard InChI is InChI=1S/C12H14Cl2N2O/c13-8-4-3-6-9(11(8)14)16-10-5-1-2-7-15-12(10)17/h3-4,6,10,16H,1-2,5,7H2,(H,15,17). The van der Waals surface area contributed by atoms with E-state index in [9.17, 15) is 4.79 Å². The van der Waals surface area contributed by atoms with E-state index in [0.29, 0.717) is 15.7 Å². The summed E-state index contributed by atoms with van der Waals surface area (Å²) in [6.07, 6.45) is 2.86. The molecule has 92 valence electrons. The minimum absolute atomic E-state index is 0.0264. The molecule has 2 N–H and O–H groups in total. The van der Waals surface area contributed by atoms with Gasteiger partial charge in [0, 0.05) is 6.54 Å². The Morgan fingerprint density at radius 3 is 2.94 bits per heavy atom. The molecule has 1 aromatic rings. The zero-order valence-corrected chi connectivity index (χ0v) is 10.8. The molecule has 0 aliphatic carbocycles. The van der Waals surface area contributed by atoms with Gasteiger partial charge < -0.3 is 10.6 Å². The van der Waals surface area contributed by atoms with E-state index in [-0.39, 0.29) is 11.9 Å². The highest BCUT2D eigenvalue weighted by atomic mass is 35.5. The van der Waals surface area contributed by atoms with Crippen molar-refractivity contribution in [3.63, 3.8) is 0 Å². The van der Waals surface area contributed by atoms with Crippen LogP contribution in [0.3, 0.4) is 0 Å². The summed E-state index contributed by atoms with van der Waals surface area (Å²) in [6, 6.07) is 5.13. The molecule has 1 fully saturated rings. The van der Waals surface area contributed by atoms with E-state index in [0.717, 1.165) is 25.8 Å². The molecule has 0 bridgehead atoms. The van der Waals surface area contributed by atoms with Gasteiger partial charge in [-0.05, 0) is 31.4 Å². The third-order valence-corrected chi connectivity index (χ3v) is 3.64. The number of halogens is 2. The van der Waals surface area contributed by atoms with E-state index in [1.165, 1.54) is 0 Å². The van der Waals surface area contributed by atoms with Crippen molar-refractivity contribution in [1.29, 1.82) is 0 Å². The third-order valence-electron chi connectivity index (χ3n) is 2.82. The van der Waals surface area contributed by atoms with Gasteiger partial charge in [-0.1, -0.05) is 29.3 Å². The van der Waals surface area contributed by atoms with Gasteiger partial charge in [-0.15, -0.1) is 0 Å². The highest BCUT2D eigenvalue weighted by molar-refractivity contribution is 6.43. The molecule has 1 heterocycles. The molecular weight excluding hydrogens is 259 g/mol. The SMILES string of the molecule is O=C1NCCCCC1Nc1cccc(Cl)c1Cl. The number of nitrogens with one attached hydrogen (secondary N) is 2. The molecule has 1 saturated heterocycles. The first-order chi connectivity index (χ1) is 8.18. The molecule has 1 aromatic carbocycles. The molecule has 1 amide bonds. The summed E-state index contributed by atoms with van der Waals surface area (Å²) in [5, 5.41) is 6.98. The molecule has 0 spiro atoms. The topological polar surface area (TPSA) is 41.1 Å².